The zero-order valence-electron chi connectivity index (χ0n) is 10.4. The van der Waals surface area contributed by atoms with Gasteiger partial charge in [0.15, 0.2) is 0 Å². The van der Waals surface area contributed by atoms with Crippen molar-refractivity contribution >= 4 is 38.4 Å². The normalized spacial score (nSPS) is 17.8. The molecule has 9 heteroatoms. The summed E-state index contributed by atoms with van der Waals surface area (Å²) in [5.74, 6) is -1.92. The van der Waals surface area contributed by atoms with Gasteiger partial charge >= 0.3 is 0 Å². The smallest absolute Gasteiger partial charge is 0.246 e. The minimum atomic E-state index is -3.95. The van der Waals surface area contributed by atoms with Crippen molar-refractivity contribution in [1.82, 2.24) is 4.31 Å². The van der Waals surface area contributed by atoms with Crippen LogP contribution in [0.5, 0.6) is 0 Å². The number of benzene rings is 1. The number of rotatable bonds is 2. The van der Waals surface area contributed by atoms with Gasteiger partial charge in [0.05, 0.1) is 4.47 Å². The fourth-order valence-corrected chi connectivity index (χ4v) is 3.99. The van der Waals surface area contributed by atoms with E-state index in [1.807, 2.05) is 0 Å². The molecule has 2 N–H and O–H groups in total. The summed E-state index contributed by atoms with van der Waals surface area (Å²) in [5.41, 5.74) is 5.70. The van der Waals surface area contributed by atoms with Crippen molar-refractivity contribution in [2.24, 2.45) is 5.73 Å². The highest BCUT2D eigenvalue weighted by atomic mass is 79.9. The molecule has 1 saturated heterocycles. The van der Waals surface area contributed by atoms with Gasteiger partial charge in [0.2, 0.25) is 10.0 Å². The monoisotopic (exact) mass is 390 g/mol. The maximum atomic E-state index is 13.7. The zero-order chi connectivity index (χ0) is 14.2. The van der Waals surface area contributed by atoms with Gasteiger partial charge in [-0.2, -0.15) is 4.31 Å². The molecule has 0 amide bonds. The first kappa shape index (κ1) is 17.8. The number of nitrogens with two attached hydrogens (primary N) is 1. The molecule has 0 radical (unpaired) electrons. The first-order valence-corrected chi connectivity index (χ1v) is 7.96. The lowest BCUT2D eigenvalue weighted by Crippen LogP contribution is -2.43. The van der Waals surface area contributed by atoms with Gasteiger partial charge in [-0.1, -0.05) is 0 Å². The highest BCUT2D eigenvalue weighted by Gasteiger charge is 2.31. The first-order chi connectivity index (χ1) is 8.82. The first-order valence-electron chi connectivity index (χ1n) is 5.72. The predicted molar refractivity (Wildman–Crippen MR) is 77.3 cm³/mol. The van der Waals surface area contributed by atoms with Gasteiger partial charge in [-0.15, -0.1) is 12.4 Å². The maximum absolute atomic E-state index is 13.7. The van der Waals surface area contributed by atoms with E-state index in [9.17, 15) is 17.2 Å². The van der Waals surface area contributed by atoms with Crippen LogP contribution in [0.4, 0.5) is 8.78 Å². The van der Waals surface area contributed by atoms with Crippen LogP contribution >= 0.6 is 28.3 Å². The van der Waals surface area contributed by atoms with Gasteiger partial charge in [-0.25, -0.2) is 17.2 Å². The van der Waals surface area contributed by atoms with Crippen LogP contribution in [0.1, 0.15) is 12.8 Å². The van der Waals surface area contributed by atoms with E-state index in [4.69, 9.17) is 5.73 Å². The Morgan fingerprint density at radius 3 is 2.30 bits per heavy atom. The summed E-state index contributed by atoms with van der Waals surface area (Å²) < 4.78 is 52.5. The Bertz CT molecular complexity index is 592. The molecular formula is C11H14BrClF2N2O2S. The molecule has 2 rings (SSSR count). The highest BCUT2D eigenvalue weighted by molar-refractivity contribution is 9.10. The van der Waals surface area contributed by atoms with Gasteiger partial charge < -0.3 is 5.73 Å². The number of nitrogens with zero attached hydrogens (tertiary/aromatic N) is 1. The molecule has 1 aliphatic heterocycles. The Morgan fingerprint density at radius 1 is 1.20 bits per heavy atom. The van der Waals surface area contributed by atoms with Crippen LogP contribution in [0.2, 0.25) is 0 Å². The largest absolute Gasteiger partial charge is 0.328 e. The Hall–Kier alpha value is -0.280. The van der Waals surface area contributed by atoms with Crippen molar-refractivity contribution < 1.29 is 17.2 Å². The second-order valence-corrected chi connectivity index (χ2v) is 7.20. The summed E-state index contributed by atoms with van der Waals surface area (Å²) in [6, 6.07) is 1.48. The number of sulfonamides is 1. The number of hydrogen-bond acceptors (Lipinski definition) is 3. The average Bonchev–Trinajstić information content (AvgIpc) is 2.34. The molecule has 0 aromatic heterocycles. The van der Waals surface area contributed by atoms with Gasteiger partial charge in [0.25, 0.3) is 0 Å². The number of piperidine rings is 1. The van der Waals surface area contributed by atoms with Crippen molar-refractivity contribution in [3.63, 3.8) is 0 Å². The third kappa shape index (κ3) is 3.48. The second-order valence-electron chi connectivity index (χ2n) is 4.44. The maximum Gasteiger partial charge on any atom is 0.246 e. The van der Waals surface area contributed by atoms with E-state index < -0.39 is 26.6 Å². The van der Waals surface area contributed by atoms with Crippen molar-refractivity contribution in [3.05, 3.63) is 28.2 Å². The van der Waals surface area contributed by atoms with Crippen molar-refractivity contribution in [1.29, 1.82) is 0 Å². The average molecular weight is 392 g/mol. The summed E-state index contributed by atoms with van der Waals surface area (Å²) in [6.45, 7) is 0.496. The third-order valence-corrected chi connectivity index (χ3v) is 5.61. The van der Waals surface area contributed by atoms with E-state index in [2.05, 4.69) is 15.9 Å². The van der Waals surface area contributed by atoms with Crippen LogP contribution in [0, 0.1) is 11.6 Å². The second kappa shape index (κ2) is 6.65. The van der Waals surface area contributed by atoms with E-state index in [0.717, 1.165) is 6.07 Å². The Morgan fingerprint density at radius 2 is 1.75 bits per heavy atom. The van der Waals surface area contributed by atoms with Crippen LogP contribution in [-0.2, 0) is 10.0 Å². The molecule has 1 aromatic carbocycles. The molecule has 0 spiro atoms. The molecule has 1 heterocycles. The van der Waals surface area contributed by atoms with E-state index >= 15 is 0 Å². The molecule has 1 fully saturated rings. The Kier molecular flexibility index (Phi) is 5.91. The SMILES string of the molecule is Cl.NC1CCN(S(=O)(=O)c2cc(Br)c(F)cc2F)CC1. The molecule has 4 nitrogen and oxygen atoms in total. The lowest BCUT2D eigenvalue weighted by molar-refractivity contribution is 0.318. The fourth-order valence-electron chi connectivity index (χ4n) is 1.96. The van der Waals surface area contributed by atoms with Crippen molar-refractivity contribution in [2.45, 2.75) is 23.8 Å². The summed E-state index contributed by atoms with van der Waals surface area (Å²) in [7, 11) is -3.95. The summed E-state index contributed by atoms with van der Waals surface area (Å²) in [6.07, 6.45) is 1.06. The fraction of sp³-hybridized carbons (Fsp3) is 0.455. The van der Waals surface area contributed by atoms with E-state index in [1.54, 1.807) is 0 Å². The molecule has 1 aromatic rings. The molecule has 114 valence electrons. The molecule has 20 heavy (non-hydrogen) atoms. The highest BCUT2D eigenvalue weighted by Crippen LogP contribution is 2.27. The minimum Gasteiger partial charge on any atom is -0.328 e. The van der Waals surface area contributed by atoms with Crippen LogP contribution in [-0.4, -0.2) is 31.9 Å². The van der Waals surface area contributed by atoms with E-state index in [1.165, 1.54) is 4.31 Å². The van der Waals surface area contributed by atoms with Gasteiger partial charge in [0.1, 0.15) is 16.5 Å². The zero-order valence-corrected chi connectivity index (χ0v) is 13.6. The molecule has 0 bridgehead atoms. The van der Waals surface area contributed by atoms with Gasteiger partial charge in [-0.3, -0.25) is 0 Å². The number of hydrogen-bond donors (Lipinski definition) is 1. The third-order valence-electron chi connectivity index (χ3n) is 3.09. The quantitative estimate of drug-likeness (QED) is 0.787. The molecule has 0 unspecified atom stereocenters. The van der Waals surface area contributed by atoms with Crippen LogP contribution in [0.25, 0.3) is 0 Å². The number of halogens is 4. The molecular weight excluding hydrogens is 378 g/mol. The van der Waals surface area contributed by atoms with Gasteiger partial charge in [0, 0.05) is 25.2 Å². The van der Waals surface area contributed by atoms with E-state index in [-0.39, 0.29) is 36.0 Å². The minimum absolute atomic E-state index is 0. The topological polar surface area (TPSA) is 63.4 Å². The van der Waals surface area contributed by atoms with Crippen LogP contribution in [0.3, 0.4) is 0 Å². The molecule has 0 aliphatic carbocycles. The predicted octanol–water partition coefficient (Wildman–Crippen LogP) is 2.26. The lowest BCUT2D eigenvalue weighted by atomic mass is 10.1. The molecule has 0 atom stereocenters. The van der Waals surface area contributed by atoms with Crippen LogP contribution < -0.4 is 5.73 Å². The van der Waals surface area contributed by atoms with Crippen LogP contribution in [0.15, 0.2) is 21.5 Å². The van der Waals surface area contributed by atoms with Gasteiger partial charge in [-0.05, 0) is 34.8 Å². The lowest BCUT2D eigenvalue weighted by Gasteiger charge is -2.29. The Labute approximate surface area is 130 Å². The molecule has 1 aliphatic rings. The molecule has 0 saturated carbocycles. The Balaban J connectivity index is 0.00000200. The summed E-state index contributed by atoms with van der Waals surface area (Å²) in [5, 5.41) is 0. The van der Waals surface area contributed by atoms with Crippen molar-refractivity contribution in [2.75, 3.05) is 13.1 Å². The van der Waals surface area contributed by atoms with E-state index in [0.29, 0.717) is 18.9 Å². The summed E-state index contributed by atoms with van der Waals surface area (Å²) in [4.78, 5) is -0.517. The van der Waals surface area contributed by atoms with Crippen molar-refractivity contribution in [3.8, 4) is 0 Å². The summed E-state index contributed by atoms with van der Waals surface area (Å²) >= 11 is 2.86. The standard InChI is InChI=1S/C11H13BrF2N2O2S.ClH/c12-8-5-11(10(14)6-9(8)13)19(17,18)16-3-1-7(15)2-4-16;/h5-7H,1-4,15H2;1H.